The van der Waals surface area contributed by atoms with Gasteiger partial charge in [-0.25, -0.2) is 8.78 Å². The summed E-state index contributed by atoms with van der Waals surface area (Å²) in [6, 6.07) is 3.60. The van der Waals surface area contributed by atoms with Crippen molar-refractivity contribution in [3.8, 4) is 5.75 Å². The van der Waals surface area contributed by atoms with Crippen molar-refractivity contribution in [2.45, 2.75) is 63.3 Å². The number of likely N-dealkylation sites (tertiary alicyclic amines) is 1. The summed E-state index contributed by atoms with van der Waals surface area (Å²) in [5.41, 5.74) is 0.526. The number of Topliss-reactive ketones (excluding diaryl/α,β-unsaturated/α-hetero) is 1. The Bertz CT molecular complexity index is 1070. The molecule has 1 heterocycles. The van der Waals surface area contributed by atoms with Crippen LogP contribution in [0.2, 0.25) is 5.02 Å². The topological polar surface area (TPSA) is 29.5 Å². The highest BCUT2D eigenvalue weighted by Crippen LogP contribution is 2.46. The monoisotopic (exact) mass is 501 g/mol. The number of rotatable bonds is 7. The molecule has 2 aromatic rings. The van der Waals surface area contributed by atoms with Crippen LogP contribution >= 0.6 is 11.6 Å². The molecule has 1 aliphatic carbocycles. The van der Waals surface area contributed by atoms with Crippen LogP contribution in [0.4, 0.5) is 22.0 Å². The second-order valence-corrected chi connectivity index (χ2v) is 9.32. The first-order valence-corrected chi connectivity index (χ1v) is 11.7. The number of piperidine rings is 1. The Morgan fingerprint density at radius 3 is 2.53 bits per heavy atom. The van der Waals surface area contributed by atoms with Crippen molar-refractivity contribution < 1.29 is 31.5 Å². The zero-order valence-electron chi connectivity index (χ0n) is 18.6. The van der Waals surface area contributed by atoms with E-state index in [2.05, 4.69) is 0 Å². The van der Waals surface area contributed by atoms with Crippen molar-refractivity contribution in [1.29, 1.82) is 0 Å². The maximum absolute atomic E-state index is 14.7. The summed E-state index contributed by atoms with van der Waals surface area (Å²) < 4.78 is 76.4. The van der Waals surface area contributed by atoms with Crippen molar-refractivity contribution in [2.24, 2.45) is 0 Å². The fourth-order valence-electron chi connectivity index (χ4n) is 4.57. The molecule has 0 bridgehead atoms. The van der Waals surface area contributed by atoms with E-state index in [0.717, 1.165) is 36.6 Å². The minimum absolute atomic E-state index is 0.0186. The molecule has 2 aromatic carbocycles. The molecular weight excluding hydrogens is 477 g/mol. The van der Waals surface area contributed by atoms with E-state index in [-0.39, 0.29) is 53.1 Å². The van der Waals surface area contributed by atoms with Crippen LogP contribution in [0.5, 0.6) is 5.75 Å². The molecule has 2 fully saturated rings. The maximum atomic E-state index is 14.7. The van der Waals surface area contributed by atoms with Gasteiger partial charge in [-0.05, 0) is 67.5 Å². The van der Waals surface area contributed by atoms with E-state index in [9.17, 15) is 26.7 Å². The maximum Gasteiger partial charge on any atom is 0.408 e. The number of hydrogen-bond donors (Lipinski definition) is 0. The summed E-state index contributed by atoms with van der Waals surface area (Å²) in [4.78, 5) is 13.3. The molecule has 34 heavy (non-hydrogen) atoms. The molecule has 1 aliphatic heterocycles. The van der Waals surface area contributed by atoms with Crippen molar-refractivity contribution in [2.75, 3.05) is 13.1 Å². The summed E-state index contributed by atoms with van der Waals surface area (Å²) >= 11 is 5.98. The van der Waals surface area contributed by atoms with Gasteiger partial charge < -0.3 is 4.74 Å². The smallest absolute Gasteiger partial charge is 0.408 e. The highest BCUT2D eigenvalue weighted by molar-refractivity contribution is 6.31. The molecule has 0 spiro atoms. The van der Waals surface area contributed by atoms with Gasteiger partial charge in [0.1, 0.15) is 29.5 Å². The normalized spacial score (nSPS) is 20.3. The standard InChI is InChI=1S/C25H25ClF5NO2/c1-2-22(33)19-11-18(14-5-6-14)23(12-21(19)28)34-16-4-3-9-32(13-16)24(25(29,30)31)17-8-7-15(27)10-20(17)26/h7-8,10-12,14,16,24H,2-6,9,13H2,1H3/t16-,24?/m1/s1. The van der Waals surface area contributed by atoms with Gasteiger partial charge in [-0.3, -0.25) is 9.69 Å². The van der Waals surface area contributed by atoms with Crippen LogP contribution in [0.25, 0.3) is 0 Å². The first-order valence-electron chi connectivity index (χ1n) is 11.4. The fraction of sp³-hybridized carbons (Fsp3) is 0.480. The molecule has 0 radical (unpaired) electrons. The van der Waals surface area contributed by atoms with Crippen LogP contribution in [-0.2, 0) is 0 Å². The predicted molar refractivity (Wildman–Crippen MR) is 118 cm³/mol. The first kappa shape index (κ1) is 24.9. The number of carbonyl (C=O) groups excluding carboxylic acids is 1. The predicted octanol–water partition coefficient (Wildman–Crippen LogP) is 7.24. The van der Waals surface area contributed by atoms with Crippen LogP contribution < -0.4 is 4.74 Å². The Morgan fingerprint density at radius 1 is 1.18 bits per heavy atom. The second-order valence-electron chi connectivity index (χ2n) is 8.91. The molecule has 1 saturated carbocycles. The van der Waals surface area contributed by atoms with Gasteiger partial charge in [-0.15, -0.1) is 0 Å². The van der Waals surface area contributed by atoms with Gasteiger partial charge in [0.05, 0.1) is 5.56 Å². The van der Waals surface area contributed by atoms with Gasteiger partial charge in [0.25, 0.3) is 0 Å². The van der Waals surface area contributed by atoms with Crippen LogP contribution in [-0.4, -0.2) is 36.1 Å². The number of ketones is 1. The van der Waals surface area contributed by atoms with Crippen LogP contribution in [0, 0.1) is 11.6 Å². The average Bonchev–Trinajstić information content (AvgIpc) is 3.60. The van der Waals surface area contributed by atoms with Gasteiger partial charge in [0, 0.05) is 24.1 Å². The molecule has 1 saturated heterocycles. The zero-order chi connectivity index (χ0) is 24.6. The molecule has 1 unspecified atom stereocenters. The van der Waals surface area contributed by atoms with Gasteiger partial charge in [0.2, 0.25) is 0 Å². The Kier molecular flexibility index (Phi) is 7.20. The lowest BCUT2D eigenvalue weighted by Gasteiger charge is -2.39. The number of nitrogens with zero attached hydrogens (tertiary/aromatic N) is 1. The van der Waals surface area contributed by atoms with Crippen LogP contribution in [0.1, 0.15) is 72.5 Å². The molecule has 2 aliphatic rings. The number of ether oxygens (including phenoxy) is 1. The third kappa shape index (κ3) is 5.38. The zero-order valence-corrected chi connectivity index (χ0v) is 19.4. The van der Waals surface area contributed by atoms with Crippen molar-refractivity contribution >= 4 is 17.4 Å². The number of halogens is 6. The summed E-state index contributed by atoms with van der Waals surface area (Å²) in [7, 11) is 0. The molecule has 4 rings (SSSR count). The number of benzene rings is 2. The number of hydrogen-bond acceptors (Lipinski definition) is 3. The summed E-state index contributed by atoms with van der Waals surface area (Å²) in [5.74, 6) is -1.28. The third-order valence-corrected chi connectivity index (χ3v) is 6.70. The Labute approximate surface area is 199 Å². The number of carbonyl (C=O) groups is 1. The van der Waals surface area contributed by atoms with Gasteiger partial charge in [-0.1, -0.05) is 24.6 Å². The minimum atomic E-state index is -4.64. The second kappa shape index (κ2) is 9.82. The summed E-state index contributed by atoms with van der Waals surface area (Å²) in [5, 5.41) is -0.292. The molecule has 184 valence electrons. The number of alkyl halides is 3. The van der Waals surface area contributed by atoms with Crippen molar-refractivity contribution in [1.82, 2.24) is 4.90 Å². The van der Waals surface area contributed by atoms with E-state index >= 15 is 0 Å². The molecule has 2 atom stereocenters. The lowest BCUT2D eigenvalue weighted by atomic mass is 9.99. The average molecular weight is 502 g/mol. The molecular formula is C25H25ClF5NO2. The fourth-order valence-corrected chi connectivity index (χ4v) is 4.84. The molecule has 0 aromatic heterocycles. The quantitative estimate of drug-likeness (QED) is 0.296. The minimum Gasteiger partial charge on any atom is -0.489 e. The van der Waals surface area contributed by atoms with E-state index in [4.69, 9.17) is 16.3 Å². The van der Waals surface area contributed by atoms with Crippen LogP contribution in [0.3, 0.4) is 0 Å². The van der Waals surface area contributed by atoms with Crippen molar-refractivity contribution in [3.63, 3.8) is 0 Å². The van der Waals surface area contributed by atoms with Crippen LogP contribution in [0.15, 0.2) is 30.3 Å². The molecule has 0 N–H and O–H groups in total. The Hall–Kier alpha value is -2.19. The first-order chi connectivity index (χ1) is 16.1. The van der Waals surface area contributed by atoms with E-state index in [1.807, 2.05) is 0 Å². The van der Waals surface area contributed by atoms with Gasteiger partial charge >= 0.3 is 6.18 Å². The highest BCUT2D eigenvalue weighted by atomic mass is 35.5. The Balaban J connectivity index is 1.59. The molecule has 3 nitrogen and oxygen atoms in total. The lowest BCUT2D eigenvalue weighted by molar-refractivity contribution is -0.192. The van der Waals surface area contributed by atoms with Gasteiger partial charge in [0.15, 0.2) is 5.78 Å². The molecule has 0 amide bonds. The Morgan fingerprint density at radius 2 is 1.91 bits per heavy atom. The third-order valence-electron chi connectivity index (χ3n) is 6.37. The van der Waals surface area contributed by atoms with Crippen molar-refractivity contribution in [3.05, 3.63) is 63.7 Å². The summed E-state index contributed by atoms with van der Waals surface area (Å²) in [6.07, 6.45) is -2.37. The van der Waals surface area contributed by atoms with E-state index < -0.39 is 30.0 Å². The van der Waals surface area contributed by atoms with E-state index in [1.54, 1.807) is 6.92 Å². The van der Waals surface area contributed by atoms with E-state index in [1.165, 1.54) is 17.0 Å². The SMILES string of the molecule is CCC(=O)c1cc(C2CC2)c(O[C@@H]2CCCN(C(c3ccc(F)cc3Cl)C(F)(F)F)C2)cc1F. The van der Waals surface area contributed by atoms with Gasteiger partial charge in [-0.2, -0.15) is 13.2 Å². The lowest BCUT2D eigenvalue weighted by Crippen LogP contribution is -2.47. The summed E-state index contributed by atoms with van der Waals surface area (Å²) in [6.45, 7) is 1.76. The molecule has 9 heteroatoms. The van der Waals surface area contributed by atoms with E-state index in [0.29, 0.717) is 12.8 Å². The highest BCUT2D eigenvalue weighted by Gasteiger charge is 2.47. The largest absolute Gasteiger partial charge is 0.489 e.